The number of aromatic amines is 1. The van der Waals surface area contributed by atoms with Gasteiger partial charge in [-0.05, 0) is 53.3 Å². The highest BCUT2D eigenvalue weighted by Gasteiger charge is 2.16. The van der Waals surface area contributed by atoms with Gasteiger partial charge in [-0.25, -0.2) is 0 Å². The second-order valence-electron chi connectivity index (χ2n) is 7.47. The first kappa shape index (κ1) is 23.1. The van der Waals surface area contributed by atoms with Crippen molar-refractivity contribution in [1.29, 1.82) is 0 Å². The molecule has 174 valence electrons. The molecule has 0 saturated heterocycles. The Morgan fingerprint density at radius 3 is 2.62 bits per heavy atom. The monoisotopic (exact) mass is 475 g/mol. The van der Waals surface area contributed by atoms with Gasteiger partial charge in [0.25, 0.3) is 11.8 Å². The van der Waals surface area contributed by atoms with E-state index in [0.717, 1.165) is 16.5 Å². The molecule has 0 radical (unpaired) electrons. The zero-order valence-corrected chi connectivity index (χ0v) is 19.7. The zero-order chi connectivity index (χ0) is 23.9. The summed E-state index contributed by atoms with van der Waals surface area (Å²) in [4.78, 5) is 29.5. The third-order valence-electron chi connectivity index (χ3n) is 5.31. The minimum Gasteiger partial charge on any atom is -0.493 e. The van der Waals surface area contributed by atoms with Gasteiger partial charge in [0, 0.05) is 23.6 Å². The maximum atomic E-state index is 13.1. The van der Waals surface area contributed by atoms with E-state index in [-0.39, 0.29) is 17.5 Å². The van der Waals surface area contributed by atoms with Crippen molar-refractivity contribution in [2.24, 2.45) is 0 Å². The summed E-state index contributed by atoms with van der Waals surface area (Å²) in [7, 11) is 3.10. The van der Waals surface area contributed by atoms with Crippen molar-refractivity contribution in [2.75, 3.05) is 20.8 Å². The van der Waals surface area contributed by atoms with Crippen molar-refractivity contribution >= 4 is 40.1 Å². The molecule has 2 aromatic heterocycles. The van der Waals surface area contributed by atoms with E-state index >= 15 is 0 Å². The fourth-order valence-corrected chi connectivity index (χ4v) is 4.22. The number of ether oxygens (including phenoxy) is 2. The van der Waals surface area contributed by atoms with Crippen molar-refractivity contribution < 1.29 is 19.1 Å². The number of aromatic nitrogens is 1. The Kier molecular flexibility index (Phi) is 7.29. The number of nitrogens with one attached hydrogen (secondary N) is 3. The molecule has 3 N–H and O–H groups in total. The van der Waals surface area contributed by atoms with Gasteiger partial charge in [-0.1, -0.05) is 30.3 Å². The van der Waals surface area contributed by atoms with Crippen LogP contribution in [0.5, 0.6) is 11.5 Å². The lowest BCUT2D eigenvalue weighted by molar-refractivity contribution is -0.117. The number of carbonyl (C=O) groups excluding carboxylic acids is 2. The summed E-state index contributed by atoms with van der Waals surface area (Å²) in [6, 6.07) is 16.8. The maximum absolute atomic E-state index is 13.1. The highest BCUT2D eigenvalue weighted by Crippen LogP contribution is 2.28. The normalized spacial score (nSPS) is 11.3. The van der Waals surface area contributed by atoms with Crippen molar-refractivity contribution in [1.82, 2.24) is 15.6 Å². The number of rotatable bonds is 9. The summed E-state index contributed by atoms with van der Waals surface area (Å²) >= 11 is 1.31. The molecule has 2 heterocycles. The van der Waals surface area contributed by atoms with Crippen molar-refractivity contribution in [2.45, 2.75) is 6.42 Å². The van der Waals surface area contributed by atoms with Crippen LogP contribution < -0.4 is 20.1 Å². The van der Waals surface area contributed by atoms with Crippen molar-refractivity contribution in [3.05, 3.63) is 87.9 Å². The highest BCUT2D eigenvalue weighted by molar-refractivity contribution is 7.12. The number of thiophene rings is 1. The quantitative estimate of drug-likeness (QED) is 0.313. The largest absolute Gasteiger partial charge is 0.493 e. The predicted molar refractivity (Wildman–Crippen MR) is 134 cm³/mol. The molecule has 0 fully saturated rings. The third-order valence-corrected chi connectivity index (χ3v) is 6.18. The van der Waals surface area contributed by atoms with E-state index in [0.29, 0.717) is 34.9 Å². The third kappa shape index (κ3) is 5.29. The fourth-order valence-electron chi connectivity index (χ4n) is 3.60. The highest BCUT2D eigenvalue weighted by atomic mass is 32.1. The van der Waals surface area contributed by atoms with Crippen molar-refractivity contribution in [3.8, 4) is 11.5 Å². The van der Waals surface area contributed by atoms with Gasteiger partial charge in [0.2, 0.25) is 0 Å². The number of hydrogen-bond donors (Lipinski definition) is 3. The van der Waals surface area contributed by atoms with E-state index in [1.165, 1.54) is 11.3 Å². The summed E-state index contributed by atoms with van der Waals surface area (Å²) in [5, 5.41) is 8.61. The first-order valence-corrected chi connectivity index (χ1v) is 11.6. The van der Waals surface area contributed by atoms with Crippen LogP contribution in [0.25, 0.3) is 17.0 Å². The SMILES string of the molecule is COc1ccc(/C=C(\NC(=O)c2cccs2)C(=O)NCCc2c[nH]c3ccccc23)cc1OC. The van der Waals surface area contributed by atoms with E-state index in [9.17, 15) is 9.59 Å². The second kappa shape index (κ2) is 10.7. The second-order valence-corrected chi connectivity index (χ2v) is 8.42. The molecule has 4 aromatic rings. The summed E-state index contributed by atoms with van der Waals surface area (Å²) < 4.78 is 10.6. The molecule has 4 rings (SSSR count). The smallest absolute Gasteiger partial charge is 0.267 e. The van der Waals surface area contributed by atoms with E-state index in [1.54, 1.807) is 50.6 Å². The number of carbonyl (C=O) groups is 2. The number of hydrogen-bond acceptors (Lipinski definition) is 5. The number of benzene rings is 2. The molecular weight excluding hydrogens is 450 g/mol. The van der Waals surface area contributed by atoms with E-state index < -0.39 is 0 Å². The molecule has 34 heavy (non-hydrogen) atoms. The Morgan fingerprint density at radius 1 is 1.03 bits per heavy atom. The van der Waals surface area contributed by atoms with E-state index in [2.05, 4.69) is 15.6 Å². The standard InChI is InChI=1S/C26H25N3O4S/c1-32-22-10-9-17(15-23(22)33-2)14-21(29-26(31)24-8-5-13-34-24)25(30)27-12-11-18-16-28-20-7-4-3-6-19(18)20/h3-10,13-16,28H,11-12H2,1-2H3,(H,27,30)(H,29,31)/b21-14-. The molecule has 0 saturated carbocycles. The van der Waals surface area contributed by atoms with Gasteiger partial charge >= 0.3 is 0 Å². The van der Waals surface area contributed by atoms with E-state index in [4.69, 9.17) is 9.47 Å². The van der Waals surface area contributed by atoms with Crippen LogP contribution in [0.2, 0.25) is 0 Å². The summed E-state index contributed by atoms with van der Waals surface area (Å²) in [6.45, 7) is 0.416. The van der Waals surface area contributed by atoms with Crippen LogP contribution in [0.15, 0.2) is 71.9 Å². The Balaban J connectivity index is 1.52. The van der Waals surface area contributed by atoms with Gasteiger partial charge in [-0.15, -0.1) is 11.3 Å². The van der Waals surface area contributed by atoms with Crippen LogP contribution in [-0.4, -0.2) is 37.6 Å². The first-order chi connectivity index (χ1) is 16.6. The lowest BCUT2D eigenvalue weighted by atomic mass is 10.1. The molecule has 2 amide bonds. The molecule has 0 aliphatic rings. The van der Waals surface area contributed by atoms with Gasteiger partial charge in [0.05, 0.1) is 19.1 Å². The van der Waals surface area contributed by atoms with Gasteiger partial charge in [-0.2, -0.15) is 0 Å². The molecule has 2 aromatic carbocycles. The minimum absolute atomic E-state index is 0.143. The summed E-state index contributed by atoms with van der Waals surface area (Å²) in [6.07, 6.45) is 4.22. The lowest BCUT2D eigenvalue weighted by Gasteiger charge is -2.12. The molecular formula is C26H25N3O4S. The van der Waals surface area contributed by atoms with E-state index in [1.807, 2.05) is 35.8 Å². The average Bonchev–Trinajstić information content (AvgIpc) is 3.54. The maximum Gasteiger partial charge on any atom is 0.267 e. The van der Waals surface area contributed by atoms with Crippen LogP contribution >= 0.6 is 11.3 Å². The van der Waals surface area contributed by atoms with Gasteiger partial charge in [0.15, 0.2) is 11.5 Å². The number of methoxy groups -OCH3 is 2. The molecule has 0 aliphatic heterocycles. The van der Waals surface area contributed by atoms with Crippen LogP contribution in [0.4, 0.5) is 0 Å². The van der Waals surface area contributed by atoms with Gasteiger partial charge in [-0.3, -0.25) is 9.59 Å². The molecule has 0 spiro atoms. The van der Waals surface area contributed by atoms with Crippen LogP contribution in [0, 0.1) is 0 Å². The first-order valence-electron chi connectivity index (χ1n) is 10.7. The summed E-state index contributed by atoms with van der Waals surface area (Å²) in [5.74, 6) is 0.389. The lowest BCUT2D eigenvalue weighted by Crippen LogP contribution is -2.35. The summed E-state index contributed by atoms with van der Waals surface area (Å²) in [5.41, 5.74) is 3.00. The molecule has 7 nitrogen and oxygen atoms in total. The Labute approximate surface area is 201 Å². The Morgan fingerprint density at radius 2 is 1.85 bits per heavy atom. The van der Waals surface area contributed by atoms with Gasteiger partial charge in [0.1, 0.15) is 5.70 Å². The molecule has 8 heteroatoms. The minimum atomic E-state index is -0.375. The average molecular weight is 476 g/mol. The zero-order valence-electron chi connectivity index (χ0n) is 18.9. The number of amides is 2. The fraction of sp³-hybridized carbons (Fsp3) is 0.154. The van der Waals surface area contributed by atoms with Gasteiger partial charge < -0.3 is 25.1 Å². The Hall–Kier alpha value is -4.04. The predicted octanol–water partition coefficient (Wildman–Crippen LogP) is 4.38. The topological polar surface area (TPSA) is 92.5 Å². The molecule has 0 aliphatic carbocycles. The van der Waals surface area contributed by atoms with Crippen LogP contribution in [0.1, 0.15) is 20.8 Å². The number of fused-ring (bicyclic) bond motifs is 1. The Bertz CT molecular complexity index is 1330. The number of H-pyrrole nitrogens is 1. The van der Waals surface area contributed by atoms with Crippen LogP contribution in [-0.2, 0) is 11.2 Å². The van der Waals surface area contributed by atoms with Crippen molar-refractivity contribution in [3.63, 3.8) is 0 Å². The molecule has 0 bridgehead atoms. The van der Waals surface area contributed by atoms with Crippen LogP contribution in [0.3, 0.4) is 0 Å². The number of para-hydroxylation sites is 1. The molecule has 0 atom stereocenters. The molecule has 0 unspecified atom stereocenters.